The van der Waals surface area contributed by atoms with Gasteiger partial charge in [0.05, 0.1) is 6.61 Å². The van der Waals surface area contributed by atoms with Crippen LogP contribution < -0.4 is 0 Å². The maximum Gasteiger partial charge on any atom is 0.326 e. The van der Waals surface area contributed by atoms with Gasteiger partial charge in [-0.3, -0.25) is 0 Å². The number of nitrogens with zero attached hydrogens (tertiary/aromatic N) is 2. The van der Waals surface area contributed by atoms with E-state index in [1.807, 2.05) is 6.92 Å². The lowest BCUT2D eigenvalue weighted by atomic mass is 9.91. The first kappa shape index (κ1) is 13.8. The molecule has 6 heteroatoms. The third kappa shape index (κ3) is 3.09. The molecule has 17 heavy (non-hydrogen) atoms. The smallest absolute Gasteiger partial charge is 0.326 e. The molecule has 0 bridgehead atoms. The number of carboxylic acids is 1. The third-order valence-electron chi connectivity index (χ3n) is 3.19. The molecular formula is C11H20N2O4. The molecule has 6 nitrogen and oxygen atoms in total. The largest absolute Gasteiger partial charge is 0.480 e. The number of carbonyl (C=O) groups is 2. The lowest BCUT2D eigenvalue weighted by Gasteiger charge is -2.39. The van der Waals surface area contributed by atoms with E-state index in [9.17, 15) is 14.7 Å². The second-order valence-corrected chi connectivity index (χ2v) is 4.52. The average molecular weight is 244 g/mol. The average Bonchev–Trinajstić information content (AvgIpc) is 2.27. The van der Waals surface area contributed by atoms with E-state index in [1.54, 1.807) is 7.05 Å². The first-order valence-corrected chi connectivity index (χ1v) is 5.84. The van der Waals surface area contributed by atoms with Gasteiger partial charge in [0, 0.05) is 20.1 Å². The highest BCUT2D eigenvalue weighted by Gasteiger charge is 2.37. The molecule has 2 amide bonds. The Morgan fingerprint density at radius 2 is 2.12 bits per heavy atom. The van der Waals surface area contributed by atoms with Crippen LogP contribution in [0.25, 0.3) is 0 Å². The molecule has 1 aliphatic heterocycles. The van der Waals surface area contributed by atoms with Crippen molar-refractivity contribution in [2.75, 3.05) is 26.7 Å². The maximum absolute atomic E-state index is 12.0. The Balaban J connectivity index is 2.78. The summed E-state index contributed by atoms with van der Waals surface area (Å²) in [6.45, 7) is 2.42. The van der Waals surface area contributed by atoms with Crippen LogP contribution in [0.1, 0.15) is 19.8 Å². The molecule has 1 heterocycles. The van der Waals surface area contributed by atoms with Crippen LogP contribution in [0.4, 0.5) is 4.79 Å². The number of carboxylic acid groups (broad SMARTS) is 1. The van der Waals surface area contributed by atoms with E-state index in [0.29, 0.717) is 6.54 Å². The second kappa shape index (κ2) is 5.86. The molecule has 2 unspecified atom stereocenters. The molecule has 2 atom stereocenters. The lowest BCUT2D eigenvalue weighted by molar-refractivity contribution is -0.145. The molecule has 0 saturated carbocycles. The van der Waals surface area contributed by atoms with Crippen molar-refractivity contribution in [2.24, 2.45) is 5.92 Å². The molecule has 0 aliphatic carbocycles. The van der Waals surface area contributed by atoms with Crippen LogP contribution in [-0.4, -0.2) is 64.8 Å². The topological polar surface area (TPSA) is 81.1 Å². The highest BCUT2D eigenvalue weighted by molar-refractivity contribution is 5.83. The number of piperidine rings is 1. The molecule has 0 radical (unpaired) electrons. The normalized spacial score (nSPS) is 24.5. The quantitative estimate of drug-likeness (QED) is 0.744. The van der Waals surface area contributed by atoms with Gasteiger partial charge in [-0.1, -0.05) is 6.92 Å². The van der Waals surface area contributed by atoms with Crippen molar-refractivity contribution in [3.05, 3.63) is 0 Å². The number of urea groups is 1. The number of likely N-dealkylation sites (N-methyl/N-ethyl adjacent to an activating group) is 1. The Bertz CT molecular complexity index is 295. The van der Waals surface area contributed by atoms with Gasteiger partial charge in [0.15, 0.2) is 0 Å². The molecule has 98 valence electrons. The van der Waals surface area contributed by atoms with Crippen LogP contribution in [0.3, 0.4) is 0 Å². The van der Waals surface area contributed by atoms with E-state index in [2.05, 4.69) is 0 Å². The van der Waals surface area contributed by atoms with Gasteiger partial charge in [-0.2, -0.15) is 0 Å². The summed E-state index contributed by atoms with van der Waals surface area (Å²) in [5.74, 6) is -0.990. The first-order chi connectivity index (χ1) is 7.99. The van der Waals surface area contributed by atoms with Gasteiger partial charge in [0.1, 0.15) is 6.04 Å². The Hall–Kier alpha value is -1.30. The van der Waals surface area contributed by atoms with Gasteiger partial charge in [0.25, 0.3) is 0 Å². The molecule has 1 saturated heterocycles. The predicted octanol–water partition coefficient (Wildman–Crippen LogP) is 0.216. The fourth-order valence-corrected chi connectivity index (χ4v) is 2.24. The Morgan fingerprint density at radius 1 is 1.47 bits per heavy atom. The summed E-state index contributed by atoms with van der Waals surface area (Å²) < 4.78 is 0. The fourth-order valence-electron chi connectivity index (χ4n) is 2.24. The zero-order valence-electron chi connectivity index (χ0n) is 10.3. The standard InChI is InChI=1S/C11H20N2O4/c1-8-4-3-5-13(9(8)10(15)16)11(17)12(2)6-7-14/h8-9,14H,3-7H2,1-2H3,(H,15,16). The third-order valence-corrected chi connectivity index (χ3v) is 3.19. The molecule has 0 aromatic rings. The zero-order valence-corrected chi connectivity index (χ0v) is 10.3. The monoisotopic (exact) mass is 244 g/mol. The molecule has 0 aromatic carbocycles. The summed E-state index contributed by atoms with van der Waals surface area (Å²) in [5.41, 5.74) is 0. The number of hydrogen-bond donors (Lipinski definition) is 2. The summed E-state index contributed by atoms with van der Waals surface area (Å²) in [6.07, 6.45) is 1.65. The highest BCUT2D eigenvalue weighted by atomic mass is 16.4. The SMILES string of the molecule is CC1CCCN(C(=O)N(C)CCO)C1C(=O)O. The molecule has 1 aliphatic rings. The summed E-state index contributed by atoms with van der Waals surface area (Å²) in [7, 11) is 1.57. The van der Waals surface area contributed by atoms with Gasteiger partial charge in [-0.05, 0) is 18.8 Å². The van der Waals surface area contributed by atoms with Crippen molar-refractivity contribution >= 4 is 12.0 Å². The van der Waals surface area contributed by atoms with Crippen molar-refractivity contribution in [3.8, 4) is 0 Å². The van der Waals surface area contributed by atoms with E-state index in [1.165, 1.54) is 9.80 Å². The van der Waals surface area contributed by atoms with Gasteiger partial charge in [-0.25, -0.2) is 9.59 Å². The van der Waals surface area contributed by atoms with E-state index in [0.717, 1.165) is 12.8 Å². The van der Waals surface area contributed by atoms with Crippen LogP contribution in [0.5, 0.6) is 0 Å². The lowest BCUT2D eigenvalue weighted by Crippen LogP contribution is -2.55. The van der Waals surface area contributed by atoms with Gasteiger partial charge in [-0.15, -0.1) is 0 Å². The number of likely N-dealkylation sites (tertiary alicyclic amines) is 1. The number of amides is 2. The number of hydrogen-bond acceptors (Lipinski definition) is 3. The molecule has 0 aromatic heterocycles. The second-order valence-electron chi connectivity index (χ2n) is 4.52. The zero-order chi connectivity index (χ0) is 13.0. The number of aliphatic hydroxyl groups excluding tert-OH is 1. The number of aliphatic hydroxyl groups is 1. The minimum atomic E-state index is -0.956. The Kier molecular flexibility index (Phi) is 4.74. The van der Waals surface area contributed by atoms with Crippen molar-refractivity contribution in [1.29, 1.82) is 0 Å². The number of rotatable bonds is 3. The summed E-state index contributed by atoms with van der Waals surface area (Å²) in [4.78, 5) is 26.0. The number of carbonyl (C=O) groups excluding carboxylic acids is 1. The first-order valence-electron chi connectivity index (χ1n) is 5.84. The molecule has 1 rings (SSSR count). The van der Waals surface area contributed by atoms with Crippen LogP contribution in [0.15, 0.2) is 0 Å². The summed E-state index contributed by atoms with van der Waals surface area (Å²) in [5, 5.41) is 18.0. The predicted molar refractivity (Wildman–Crippen MR) is 61.6 cm³/mol. The van der Waals surface area contributed by atoms with E-state index >= 15 is 0 Å². The molecular weight excluding hydrogens is 224 g/mol. The number of aliphatic carboxylic acids is 1. The Labute approximate surface area is 101 Å². The van der Waals surface area contributed by atoms with Gasteiger partial charge in [0.2, 0.25) is 0 Å². The van der Waals surface area contributed by atoms with E-state index in [4.69, 9.17) is 5.11 Å². The van der Waals surface area contributed by atoms with Crippen LogP contribution in [0, 0.1) is 5.92 Å². The van der Waals surface area contributed by atoms with Gasteiger partial charge < -0.3 is 20.0 Å². The van der Waals surface area contributed by atoms with E-state index in [-0.39, 0.29) is 25.1 Å². The van der Waals surface area contributed by atoms with E-state index < -0.39 is 12.0 Å². The molecule has 1 fully saturated rings. The van der Waals surface area contributed by atoms with Crippen molar-refractivity contribution in [1.82, 2.24) is 9.80 Å². The van der Waals surface area contributed by atoms with Crippen molar-refractivity contribution in [2.45, 2.75) is 25.8 Å². The molecule has 0 spiro atoms. The van der Waals surface area contributed by atoms with Crippen molar-refractivity contribution in [3.63, 3.8) is 0 Å². The summed E-state index contributed by atoms with van der Waals surface area (Å²) in [6, 6.07) is -1.07. The maximum atomic E-state index is 12.0. The minimum Gasteiger partial charge on any atom is -0.480 e. The Morgan fingerprint density at radius 3 is 2.65 bits per heavy atom. The summed E-state index contributed by atoms with van der Waals surface area (Å²) >= 11 is 0. The van der Waals surface area contributed by atoms with Crippen molar-refractivity contribution < 1.29 is 19.8 Å². The van der Waals surface area contributed by atoms with Crippen LogP contribution in [0.2, 0.25) is 0 Å². The highest BCUT2D eigenvalue weighted by Crippen LogP contribution is 2.24. The van der Waals surface area contributed by atoms with Crippen LogP contribution >= 0.6 is 0 Å². The minimum absolute atomic E-state index is 0.0345. The van der Waals surface area contributed by atoms with Crippen LogP contribution in [-0.2, 0) is 4.79 Å². The fraction of sp³-hybridized carbons (Fsp3) is 0.818. The van der Waals surface area contributed by atoms with Gasteiger partial charge >= 0.3 is 12.0 Å². The molecule has 2 N–H and O–H groups in total.